The van der Waals surface area contributed by atoms with Crippen LogP contribution in [0.15, 0.2) is 18.2 Å². The molecule has 5 heteroatoms. The lowest BCUT2D eigenvalue weighted by Crippen LogP contribution is -2.43. The van der Waals surface area contributed by atoms with Gasteiger partial charge in [-0.15, -0.1) is 0 Å². The molecule has 2 rings (SSSR count). The Morgan fingerprint density at radius 2 is 2.29 bits per heavy atom. The number of benzene rings is 1. The van der Waals surface area contributed by atoms with Gasteiger partial charge in [-0.1, -0.05) is 0 Å². The summed E-state index contributed by atoms with van der Waals surface area (Å²) in [5.74, 6) is -0.0684. The smallest absolute Gasteiger partial charge is 0.252 e. The van der Waals surface area contributed by atoms with Crippen molar-refractivity contribution >= 4 is 28.5 Å². The second-order valence-corrected chi connectivity index (χ2v) is 7.09. The van der Waals surface area contributed by atoms with Crippen LogP contribution < -0.4 is 5.32 Å². The fourth-order valence-electron chi connectivity index (χ4n) is 2.74. The summed E-state index contributed by atoms with van der Waals surface area (Å²) in [4.78, 5) is 14.6. The SMILES string of the molecule is CC(C)N1CCCC(CNC(=O)c2cc(F)ccc2I)C1. The number of nitrogens with zero attached hydrogens (tertiary/aromatic N) is 1. The number of hydrogen-bond acceptors (Lipinski definition) is 2. The zero-order valence-corrected chi connectivity index (χ0v) is 14.7. The number of rotatable bonds is 4. The van der Waals surface area contributed by atoms with Crippen LogP contribution >= 0.6 is 22.6 Å². The Morgan fingerprint density at radius 3 is 3.00 bits per heavy atom. The van der Waals surface area contributed by atoms with Crippen LogP contribution in [0.1, 0.15) is 37.0 Å². The lowest BCUT2D eigenvalue weighted by atomic mass is 9.97. The molecule has 1 aromatic carbocycles. The number of carbonyl (C=O) groups excluding carboxylic acids is 1. The number of nitrogens with one attached hydrogen (secondary N) is 1. The van der Waals surface area contributed by atoms with Gasteiger partial charge >= 0.3 is 0 Å². The van der Waals surface area contributed by atoms with Gasteiger partial charge in [0, 0.05) is 22.7 Å². The highest BCUT2D eigenvalue weighted by Crippen LogP contribution is 2.18. The summed E-state index contributed by atoms with van der Waals surface area (Å²) in [5, 5.41) is 2.96. The van der Waals surface area contributed by atoms with Gasteiger partial charge in [0.05, 0.1) is 5.56 Å². The number of hydrogen-bond donors (Lipinski definition) is 1. The molecule has 0 spiro atoms. The van der Waals surface area contributed by atoms with Crippen LogP contribution in [-0.2, 0) is 0 Å². The van der Waals surface area contributed by atoms with Crippen LogP contribution in [0.25, 0.3) is 0 Å². The van der Waals surface area contributed by atoms with Crippen LogP contribution in [0.5, 0.6) is 0 Å². The summed E-state index contributed by atoms with van der Waals surface area (Å²) in [5.41, 5.74) is 0.423. The van der Waals surface area contributed by atoms with E-state index in [4.69, 9.17) is 0 Å². The van der Waals surface area contributed by atoms with E-state index in [2.05, 4.69) is 46.7 Å². The van der Waals surface area contributed by atoms with Crippen LogP contribution in [0.3, 0.4) is 0 Å². The van der Waals surface area contributed by atoms with Crippen molar-refractivity contribution in [3.05, 3.63) is 33.1 Å². The van der Waals surface area contributed by atoms with Crippen molar-refractivity contribution in [1.82, 2.24) is 10.2 Å². The molecule has 1 N–H and O–H groups in total. The topological polar surface area (TPSA) is 32.3 Å². The van der Waals surface area contributed by atoms with Gasteiger partial charge in [0.1, 0.15) is 5.82 Å². The molecule has 3 nitrogen and oxygen atoms in total. The maximum absolute atomic E-state index is 13.3. The molecule has 0 aromatic heterocycles. The molecular weight excluding hydrogens is 382 g/mol. The molecule has 1 aliphatic heterocycles. The van der Waals surface area contributed by atoms with E-state index in [1.807, 2.05) is 0 Å². The molecule has 116 valence electrons. The molecule has 0 bridgehead atoms. The highest BCUT2D eigenvalue weighted by molar-refractivity contribution is 14.1. The van der Waals surface area contributed by atoms with Crippen LogP contribution in [0.2, 0.25) is 0 Å². The van der Waals surface area contributed by atoms with Crippen molar-refractivity contribution in [2.75, 3.05) is 19.6 Å². The Bertz CT molecular complexity index is 507. The number of likely N-dealkylation sites (tertiary alicyclic amines) is 1. The molecule has 1 unspecified atom stereocenters. The number of carbonyl (C=O) groups is 1. The molecule has 1 atom stereocenters. The summed E-state index contributed by atoms with van der Waals surface area (Å²) >= 11 is 2.06. The van der Waals surface area contributed by atoms with Crippen LogP contribution in [-0.4, -0.2) is 36.5 Å². The van der Waals surface area contributed by atoms with E-state index in [1.54, 1.807) is 6.07 Å². The quantitative estimate of drug-likeness (QED) is 0.782. The maximum atomic E-state index is 13.3. The molecule has 1 aliphatic rings. The monoisotopic (exact) mass is 404 g/mol. The summed E-state index contributed by atoms with van der Waals surface area (Å²) in [7, 11) is 0. The first-order chi connectivity index (χ1) is 9.97. The van der Waals surface area contributed by atoms with Crippen LogP contribution in [0.4, 0.5) is 4.39 Å². The number of piperidine rings is 1. The van der Waals surface area contributed by atoms with E-state index in [0.717, 1.165) is 23.1 Å². The van der Waals surface area contributed by atoms with Gasteiger partial charge in [0.25, 0.3) is 5.91 Å². The lowest BCUT2D eigenvalue weighted by molar-refractivity contribution is 0.0921. The van der Waals surface area contributed by atoms with E-state index >= 15 is 0 Å². The Hall–Kier alpha value is -0.690. The van der Waals surface area contributed by atoms with E-state index in [1.165, 1.54) is 18.6 Å². The fraction of sp³-hybridized carbons (Fsp3) is 0.562. The Balaban J connectivity index is 1.90. The van der Waals surface area contributed by atoms with E-state index in [-0.39, 0.29) is 11.7 Å². The average Bonchev–Trinajstić information content (AvgIpc) is 2.47. The van der Waals surface area contributed by atoms with E-state index < -0.39 is 0 Å². The Morgan fingerprint density at radius 1 is 1.52 bits per heavy atom. The van der Waals surface area contributed by atoms with E-state index in [0.29, 0.717) is 24.1 Å². The second kappa shape index (κ2) is 7.54. The van der Waals surface area contributed by atoms with Crippen LogP contribution in [0, 0.1) is 15.3 Å². The molecule has 0 saturated carbocycles. The van der Waals surface area contributed by atoms with Crippen molar-refractivity contribution in [1.29, 1.82) is 0 Å². The molecular formula is C16H22FIN2O. The van der Waals surface area contributed by atoms with E-state index in [9.17, 15) is 9.18 Å². The largest absolute Gasteiger partial charge is 0.352 e. The van der Waals surface area contributed by atoms with Gasteiger partial charge in [-0.05, 0) is 79.9 Å². The fourth-order valence-corrected chi connectivity index (χ4v) is 3.32. The zero-order valence-electron chi connectivity index (χ0n) is 12.5. The van der Waals surface area contributed by atoms with Gasteiger partial charge < -0.3 is 10.2 Å². The molecule has 21 heavy (non-hydrogen) atoms. The first-order valence-electron chi connectivity index (χ1n) is 7.44. The van der Waals surface area contributed by atoms with Crippen molar-refractivity contribution in [3.8, 4) is 0 Å². The number of halogens is 2. The summed E-state index contributed by atoms with van der Waals surface area (Å²) in [6.07, 6.45) is 2.32. The Kier molecular flexibility index (Phi) is 5.98. The minimum atomic E-state index is -0.371. The maximum Gasteiger partial charge on any atom is 0.252 e. The highest BCUT2D eigenvalue weighted by Gasteiger charge is 2.22. The van der Waals surface area contributed by atoms with Crippen molar-refractivity contribution in [2.45, 2.75) is 32.7 Å². The molecule has 1 saturated heterocycles. The zero-order chi connectivity index (χ0) is 15.4. The molecule has 1 aromatic rings. The van der Waals surface area contributed by atoms with Crippen molar-refractivity contribution in [2.24, 2.45) is 5.92 Å². The van der Waals surface area contributed by atoms with Gasteiger partial charge in [-0.3, -0.25) is 4.79 Å². The standard InChI is InChI=1S/C16H22FIN2O/c1-11(2)20-7-3-4-12(10-20)9-19-16(21)14-8-13(17)5-6-15(14)18/h5-6,8,11-12H,3-4,7,9-10H2,1-2H3,(H,19,21). The molecule has 1 fully saturated rings. The predicted octanol–water partition coefficient (Wildman–Crippen LogP) is 3.28. The summed E-state index contributed by atoms with van der Waals surface area (Å²) in [6, 6.07) is 4.86. The molecule has 1 amide bonds. The third kappa shape index (κ3) is 4.64. The van der Waals surface area contributed by atoms with Gasteiger partial charge in [0.2, 0.25) is 0 Å². The normalized spacial score (nSPS) is 19.8. The average molecular weight is 404 g/mol. The summed E-state index contributed by atoms with van der Waals surface area (Å²) in [6.45, 7) is 7.24. The molecule has 0 radical (unpaired) electrons. The molecule has 1 heterocycles. The van der Waals surface area contributed by atoms with Gasteiger partial charge in [-0.2, -0.15) is 0 Å². The first-order valence-corrected chi connectivity index (χ1v) is 8.52. The van der Waals surface area contributed by atoms with Gasteiger partial charge in [0.15, 0.2) is 0 Å². The minimum Gasteiger partial charge on any atom is -0.352 e. The second-order valence-electron chi connectivity index (χ2n) is 5.93. The first kappa shape index (κ1) is 16.7. The Labute approximate surface area is 139 Å². The number of amides is 1. The predicted molar refractivity (Wildman–Crippen MR) is 90.9 cm³/mol. The van der Waals surface area contributed by atoms with Crippen molar-refractivity contribution in [3.63, 3.8) is 0 Å². The van der Waals surface area contributed by atoms with Crippen molar-refractivity contribution < 1.29 is 9.18 Å². The minimum absolute atomic E-state index is 0.180. The highest BCUT2D eigenvalue weighted by atomic mass is 127. The lowest BCUT2D eigenvalue weighted by Gasteiger charge is -2.35. The third-order valence-corrected chi connectivity index (χ3v) is 4.95. The van der Waals surface area contributed by atoms with Gasteiger partial charge in [-0.25, -0.2) is 4.39 Å². The molecule has 0 aliphatic carbocycles. The third-order valence-electron chi connectivity index (χ3n) is 4.01. The summed E-state index contributed by atoms with van der Waals surface area (Å²) < 4.78 is 14.0.